The molecule has 3 amide bonds. The van der Waals surface area contributed by atoms with Crippen LogP contribution in [-0.2, 0) is 19.2 Å². The Morgan fingerprint density at radius 1 is 0.878 bits per heavy atom. The molecule has 0 spiro atoms. The molecule has 0 aromatic heterocycles. The first-order chi connectivity index (χ1) is 19.2. The van der Waals surface area contributed by atoms with Crippen LogP contribution < -0.4 is 14.5 Å². The van der Waals surface area contributed by atoms with Crippen molar-refractivity contribution in [3.05, 3.63) is 63.7 Å². The van der Waals surface area contributed by atoms with E-state index in [-0.39, 0.29) is 40.4 Å². The Labute approximate surface area is 265 Å². The van der Waals surface area contributed by atoms with Crippen molar-refractivity contribution in [3.8, 4) is 5.75 Å². The summed E-state index contributed by atoms with van der Waals surface area (Å²) in [5, 5.41) is -0.342. The third-order valence-electron chi connectivity index (χ3n) is 8.34. The highest BCUT2D eigenvalue weighted by Gasteiger charge is 2.87. The molecular weight excluding hydrogens is 657 g/mol. The van der Waals surface area contributed by atoms with E-state index in [9.17, 15) is 19.2 Å². The molecule has 3 fully saturated rings. The number of imide groups is 1. The molecule has 2 aliphatic heterocycles. The number of amides is 3. The first kappa shape index (κ1) is 29.1. The van der Waals surface area contributed by atoms with Gasteiger partial charge in [0.1, 0.15) is 15.5 Å². The summed E-state index contributed by atoms with van der Waals surface area (Å²) in [5.41, 5.74) is 2.46. The summed E-state index contributed by atoms with van der Waals surface area (Å²) in [7, 11) is 0. The lowest BCUT2D eigenvalue weighted by Gasteiger charge is -2.34. The Morgan fingerprint density at radius 2 is 1.44 bits per heavy atom. The molecule has 2 aliphatic carbocycles. The van der Waals surface area contributed by atoms with Gasteiger partial charge in [-0.05, 0) is 49.7 Å². The monoisotopic (exact) mass is 674 g/mol. The van der Waals surface area contributed by atoms with Crippen molar-refractivity contribution in [2.24, 2.45) is 17.8 Å². The normalized spacial score (nSPS) is 31.9. The summed E-state index contributed by atoms with van der Waals surface area (Å²) in [6, 6.07) is 11.9. The van der Waals surface area contributed by atoms with Crippen LogP contribution in [0.1, 0.15) is 17.5 Å². The van der Waals surface area contributed by atoms with Crippen LogP contribution in [0.25, 0.3) is 0 Å². The van der Waals surface area contributed by atoms with E-state index in [1.165, 1.54) is 18.2 Å². The van der Waals surface area contributed by atoms with Gasteiger partial charge in [0, 0.05) is 18.7 Å². The minimum Gasteiger partial charge on any atom is -0.426 e. The average Bonchev–Trinajstić information content (AvgIpc) is 3.50. The van der Waals surface area contributed by atoms with Crippen molar-refractivity contribution in [1.29, 1.82) is 0 Å². The molecule has 2 aromatic rings. The number of hydrogen-bond acceptors (Lipinski definition) is 5. The maximum atomic E-state index is 13.7. The highest BCUT2D eigenvalue weighted by Crippen LogP contribution is 2.77. The van der Waals surface area contributed by atoms with Crippen LogP contribution in [0.3, 0.4) is 0 Å². The van der Waals surface area contributed by atoms with Crippen molar-refractivity contribution >= 4 is 105 Å². The number of carbonyl (C=O) groups is 4. The largest absolute Gasteiger partial charge is 0.426 e. The number of esters is 1. The second-order valence-corrected chi connectivity index (χ2v) is 14.0. The molecule has 2 aromatic carbocycles. The summed E-state index contributed by atoms with van der Waals surface area (Å²) in [6.45, 7) is 3.79. The Morgan fingerprint density at radius 3 is 1.98 bits per heavy atom. The van der Waals surface area contributed by atoms with Gasteiger partial charge in [-0.1, -0.05) is 64.1 Å². The van der Waals surface area contributed by atoms with Gasteiger partial charge in [0.2, 0.25) is 17.7 Å². The van der Waals surface area contributed by atoms with Crippen molar-refractivity contribution < 1.29 is 23.9 Å². The molecule has 6 rings (SSSR count). The Bertz CT molecular complexity index is 1550. The minimum atomic E-state index is -2.02. The summed E-state index contributed by atoms with van der Waals surface area (Å²) < 4.78 is 3.56. The van der Waals surface area contributed by atoms with E-state index in [2.05, 4.69) is 0 Å². The molecule has 2 saturated heterocycles. The Kier molecular flexibility index (Phi) is 6.74. The minimum absolute atomic E-state index is 0.0193. The Balaban J connectivity index is 1.21. The predicted molar refractivity (Wildman–Crippen MR) is 158 cm³/mol. The number of rotatable bonds is 4. The highest BCUT2D eigenvalue weighted by atomic mass is 35.5. The van der Waals surface area contributed by atoms with E-state index in [1.54, 1.807) is 11.8 Å². The topological polar surface area (TPSA) is 84.0 Å². The number of benzene rings is 2. The molecule has 2 bridgehead atoms. The number of hydrogen-bond donors (Lipinski definition) is 0. The predicted octanol–water partition coefficient (Wildman–Crippen LogP) is 6.21. The fraction of sp³-hybridized carbons (Fsp3) is 0.357. The van der Waals surface area contributed by atoms with Crippen LogP contribution >= 0.6 is 69.6 Å². The molecule has 0 N–H and O–H groups in total. The van der Waals surface area contributed by atoms with Crippen LogP contribution in [-0.4, -0.2) is 44.3 Å². The average molecular weight is 677 g/mol. The first-order valence-corrected chi connectivity index (χ1v) is 14.8. The third-order valence-corrected chi connectivity index (χ3v) is 12.6. The van der Waals surface area contributed by atoms with Crippen LogP contribution in [0.5, 0.6) is 5.75 Å². The van der Waals surface area contributed by atoms with Crippen molar-refractivity contribution in [3.63, 3.8) is 0 Å². The second-order valence-electron chi connectivity index (χ2n) is 10.7. The zero-order valence-electron chi connectivity index (χ0n) is 21.4. The van der Waals surface area contributed by atoms with Gasteiger partial charge in [-0.2, -0.15) is 0 Å². The molecule has 41 heavy (non-hydrogen) atoms. The summed E-state index contributed by atoms with van der Waals surface area (Å²) in [6.07, 6.45) is 0.0193. The zero-order valence-corrected chi connectivity index (χ0v) is 25.9. The molecule has 0 unspecified atom stereocenters. The summed E-state index contributed by atoms with van der Waals surface area (Å²) in [5.74, 6) is -5.09. The van der Waals surface area contributed by atoms with E-state index in [4.69, 9.17) is 74.3 Å². The van der Waals surface area contributed by atoms with Crippen molar-refractivity contribution in [2.45, 2.75) is 34.3 Å². The maximum Gasteiger partial charge on any atom is 0.316 e. The van der Waals surface area contributed by atoms with Gasteiger partial charge in [0.15, 0.2) is 4.33 Å². The third kappa shape index (κ3) is 3.72. The van der Waals surface area contributed by atoms with Crippen molar-refractivity contribution in [1.82, 2.24) is 0 Å². The summed E-state index contributed by atoms with van der Waals surface area (Å²) >= 11 is 39.4. The van der Waals surface area contributed by atoms with Gasteiger partial charge in [0.25, 0.3) is 0 Å². The number of halogens is 6. The number of aryl methyl sites for hydroxylation is 2. The molecule has 0 radical (unpaired) electrons. The quantitative estimate of drug-likeness (QED) is 0.166. The van der Waals surface area contributed by atoms with Gasteiger partial charge in [-0.15, -0.1) is 23.2 Å². The summed E-state index contributed by atoms with van der Waals surface area (Å²) in [4.78, 5) is 51.6. The molecule has 5 atom stereocenters. The molecule has 214 valence electrons. The molecular formula is C28H20Cl6N2O5. The van der Waals surface area contributed by atoms with Crippen LogP contribution in [0.15, 0.2) is 52.5 Å². The van der Waals surface area contributed by atoms with E-state index in [0.29, 0.717) is 11.3 Å². The van der Waals surface area contributed by atoms with E-state index in [1.807, 2.05) is 31.2 Å². The van der Waals surface area contributed by atoms with Gasteiger partial charge in [0.05, 0.1) is 33.5 Å². The smallest absolute Gasteiger partial charge is 0.316 e. The van der Waals surface area contributed by atoms with Gasteiger partial charge in [-0.25, -0.2) is 4.90 Å². The molecule has 13 heteroatoms. The number of anilines is 2. The van der Waals surface area contributed by atoms with Crippen LogP contribution in [0.4, 0.5) is 11.4 Å². The van der Waals surface area contributed by atoms with Crippen LogP contribution in [0, 0.1) is 31.6 Å². The lowest BCUT2D eigenvalue weighted by Crippen LogP contribution is -2.50. The van der Waals surface area contributed by atoms with Gasteiger partial charge < -0.3 is 9.64 Å². The molecule has 2 heterocycles. The lowest BCUT2D eigenvalue weighted by atomic mass is 9.84. The van der Waals surface area contributed by atoms with Crippen LogP contribution in [0.2, 0.25) is 0 Å². The highest BCUT2D eigenvalue weighted by molar-refractivity contribution is 6.67. The second kappa shape index (κ2) is 9.50. The SMILES string of the molecule is Cc1ccc(N2C[C@@H](C(=O)Oc3ccc(N4C(=O)[C@@H]5[C@H](C4=O)[C@@]4(Cl)C(Cl)=C(Cl)[C@@]5(Cl)C4(Cl)Cl)c(C)c3)CC2=O)cc1. The number of carbonyl (C=O) groups excluding carboxylic acids is 4. The molecule has 1 saturated carbocycles. The Hall–Kier alpha value is -2.00. The standard InChI is InChI=1S/C28H20Cl6N2O5/c1-12-3-5-15(6-4-12)35-11-14(10-18(35)37)25(40)41-16-7-8-17(13(2)9-16)36-23(38)19-20(24(36)39)27(32)22(30)21(29)26(19,31)28(27,33)34/h3-9,14,19-20H,10-11H2,1-2H3/t14-,19-,20+,26+,27+/m0/s1. The van der Waals surface area contributed by atoms with Gasteiger partial charge >= 0.3 is 5.97 Å². The fourth-order valence-corrected chi connectivity index (χ4v) is 9.14. The first-order valence-electron chi connectivity index (χ1n) is 12.5. The zero-order chi connectivity index (χ0) is 29.8. The van der Waals surface area contributed by atoms with Crippen molar-refractivity contribution in [2.75, 3.05) is 16.3 Å². The van der Waals surface area contributed by atoms with E-state index >= 15 is 0 Å². The number of nitrogens with zero attached hydrogens (tertiary/aromatic N) is 2. The lowest BCUT2D eigenvalue weighted by molar-refractivity contribution is -0.139. The molecule has 7 nitrogen and oxygen atoms in total. The number of allylic oxidation sites excluding steroid dienone is 2. The van der Waals surface area contributed by atoms with E-state index < -0.39 is 49.6 Å². The number of alkyl halides is 4. The fourth-order valence-electron chi connectivity index (χ4n) is 6.21. The molecule has 4 aliphatic rings. The van der Waals surface area contributed by atoms with E-state index in [0.717, 1.165) is 10.5 Å². The number of ether oxygens (including phenoxy) is 1. The maximum absolute atomic E-state index is 13.7. The van der Waals surface area contributed by atoms with Gasteiger partial charge in [-0.3, -0.25) is 19.2 Å². The number of fused-ring (bicyclic) bond motifs is 5.